The molecule has 0 unspecified atom stereocenters. The van der Waals surface area contributed by atoms with Crippen molar-refractivity contribution in [2.45, 2.75) is 52.1 Å². The van der Waals surface area contributed by atoms with Crippen LogP contribution in [0.3, 0.4) is 0 Å². The lowest BCUT2D eigenvalue weighted by Gasteiger charge is -2.54. The summed E-state index contributed by atoms with van der Waals surface area (Å²) in [4.78, 5) is 12.3. The third-order valence-corrected chi connectivity index (χ3v) is 7.04. The number of aliphatic hydroxyl groups excluding tert-OH is 1. The molecule has 130 valence electrons. The molecular weight excluding hydrogens is 304 g/mol. The summed E-state index contributed by atoms with van der Waals surface area (Å²) in [6, 6.07) is 2.02. The first-order valence-corrected chi connectivity index (χ1v) is 9.04. The average molecular weight is 330 g/mol. The van der Waals surface area contributed by atoms with E-state index in [2.05, 4.69) is 13.8 Å². The molecule has 24 heavy (non-hydrogen) atoms. The fourth-order valence-electron chi connectivity index (χ4n) is 5.30. The van der Waals surface area contributed by atoms with Crippen LogP contribution in [0.2, 0.25) is 0 Å². The molecule has 1 aliphatic heterocycles. The Labute approximate surface area is 142 Å². The minimum absolute atomic E-state index is 0.0247. The van der Waals surface area contributed by atoms with Crippen molar-refractivity contribution >= 4 is 5.97 Å². The van der Waals surface area contributed by atoms with E-state index in [0.29, 0.717) is 18.9 Å². The molecule has 0 amide bonds. The summed E-state index contributed by atoms with van der Waals surface area (Å²) >= 11 is 0. The Morgan fingerprint density at radius 1 is 1.42 bits per heavy atom. The smallest absolute Gasteiger partial charge is 0.310 e. The molecule has 0 bridgehead atoms. The van der Waals surface area contributed by atoms with Gasteiger partial charge in [0.05, 0.1) is 24.5 Å². The van der Waals surface area contributed by atoms with E-state index in [-0.39, 0.29) is 22.7 Å². The van der Waals surface area contributed by atoms with Gasteiger partial charge in [-0.1, -0.05) is 25.5 Å². The maximum atomic E-state index is 12.3. The lowest BCUT2D eigenvalue weighted by Crippen LogP contribution is -2.50. The largest absolute Gasteiger partial charge is 0.472 e. The quantitative estimate of drug-likeness (QED) is 0.681. The third-order valence-electron chi connectivity index (χ3n) is 7.04. The molecule has 1 saturated heterocycles. The summed E-state index contributed by atoms with van der Waals surface area (Å²) < 4.78 is 10.7. The van der Waals surface area contributed by atoms with Gasteiger partial charge in [-0.25, -0.2) is 0 Å². The molecule has 1 saturated carbocycles. The van der Waals surface area contributed by atoms with E-state index in [4.69, 9.17) is 9.15 Å². The minimum Gasteiger partial charge on any atom is -0.472 e. The normalized spacial score (nSPS) is 41.4. The first kappa shape index (κ1) is 15.9. The van der Waals surface area contributed by atoms with Gasteiger partial charge in [0, 0.05) is 5.41 Å². The van der Waals surface area contributed by atoms with Crippen molar-refractivity contribution in [3.63, 3.8) is 0 Å². The molecule has 4 rings (SSSR count). The highest BCUT2D eigenvalue weighted by Gasteiger charge is 2.61. The second-order valence-electron chi connectivity index (χ2n) is 8.19. The van der Waals surface area contributed by atoms with Crippen LogP contribution >= 0.6 is 0 Å². The zero-order chi connectivity index (χ0) is 16.9. The lowest BCUT2D eigenvalue weighted by atomic mass is 9.49. The van der Waals surface area contributed by atoms with Gasteiger partial charge in [0.25, 0.3) is 0 Å². The predicted octanol–water partition coefficient (Wildman–Crippen LogP) is 3.50. The number of rotatable bonds is 3. The highest BCUT2D eigenvalue weighted by atomic mass is 16.5. The Bertz CT molecular complexity index is 661. The second-order valence-corrected chi connectivity index (χ2v) is 8.19. The van der Waals surface area contributed by atoms with Crippen LogP contribution in [0.25, 0.3) is 0 Å². The number of carbonyl (C=O) groups is 1. The van der Waals surface area contributed by atoms with Crippen LogP contribution in [-0.2, 0) is 16.0 Å². The fourth-order valence-corrected chi connectivity index (χ4v) is 5.30. The van der Waals surface area contributed by atoms with E-state index in [0.717, 1.165) is 25.7 Å². The van der Waals surface area contributed by atoms with Gasteiger partial charge < -0.3 is 14.3 Å². The molecule has 5 atom stereocenters. The standard InChI is InChI=1S/C20H26O4/c1-13-3-7-20-12-24-18(22)16(20)9-15(21)10-17(20)19(13,2)6-4-14-5-8-23-11-14/h5,8,10-11,13,15-16,21H,3-4,6-7,9,12H2,1-2H3/t13-,15-,16-,19+,20+/m1/s1. The molecule has 1 aromatic rings. The van der Waals surface area contributed by atoms with Gasteiger partial charge >= 0.3 is 5.97 Å². The van der Waals surface area contributed by atoms with Gasteiger partial charge in [-0.3, -0.25) is 4.79 Å². The summed E-state index contributed by atoms with van der Waals surface area (Å²) in [5, 5.41) is 10.4. The van der Waals surface area contributed by atoms with Crippen LogP contribution in [0, 0.1) is 22.7 Å². The van der Waals surface area contributed by atoms with E-state index in [1.165, 1.54) is 11.1 Å². The van der Waals surface area contributed by atoms with Crippen LogP contribution in [-0.4, -0.2) is 23.8 Å². The summed E-state index contributed by atoms with van der Waals surface area (Å²) in [6.45, 7) is 5.10. The summed E-state index contributed by atoms with van der Waals surface area (Å²) in [6.07, 6.45) is 9.57. The molecule has 2 fully saturated rings. The average Bonchev–Trinajstić information content (AvgIpc) is 3.18. The summed E-state index contributed by atoms with van der Waals surface area (Å²) in [5.74, 6) is 0.225. The Hall–Kier alpha value is -1.55. The van der Waals surface area contributed by atoms with Crippen LogP contribution in [0.1, 0.15) is 45.1 Å². The number of furan rings is 1. The van der Waals surface area contributed by atoms with Gasteiger partial charge in [-0.05, 0) is 55.1 Å². The molecule has 1 aromatic heterocycles. The highest BCUT2D eigenvalue weighted by Crippen LogP contribution is 2.63. The van der Waals surface area contributed by atoms with Gasteiger partial charge in [0.2, 0.25) is 0 Å². The number of cyclic esters (lactones) is 1. The first-order chi connectivity index (χ1) is 11.5. The Morgan fingerprint density at radius 2 is 2.25 bits per heavy atom. The fraction of sp³-hybridized carbons (Fsp3) is 0.650. The predicted molar refractivity (Wildman–Crippen MR) is 89.1 cm³/mol. The molecule has 1 N–H and O–H groups in total. The number of hydrogen-bond donors (Lipinski definition) is 1. The number of ether oxygens (including phenoxy) is 1. The van der Waals surface area contributed by atoms with Crippen LogP contribution in [0.5, 0.6) is 0 Å². The topological polar surface area (TPSA) is 59.7 Å². The van der Waals surface area contributed by atoms with Gasteiger partial charge in [-0.2, -0.15) is 0 Å². The van der Waals surface area contributed by atoms with Crippen molar-refractivity contribution in [2.24, 2.45) is 22.7 Å². The lowest BCUT2D eigenvalue weighted by molar-refractivity contribution is -0.142. The zero-order valence-corrected chi connectivity index (χ0v) is 14.5. The zero-order valence-electron chi connectivity index (χ0n) is 14.5. The molecule has 2 aliphatic carbocycles. The molecule has 0 radical (unpaired) electrons. The second kappa shape index (κ2) is 5.48. The van der Waals surface area contributed by atoms with Gasteiger partial charge in [0.15, 0.2) is 0 Å². The van der Waals surface area contributed by atoms with Crippen molar-refractivity contribution < 1.29 is 19.1 Å². The maximum absolute atomic E-state index is 12.3. The van der Waals surface area contributed by atoms with Crippen molar-refractivity contribution in [3.8, 4) is 0 Å². The monoisotopic (exact) mass is 330 g/mol. The molecule has 4 nitrogen and oxygen atoms in total. The minimum atomic E-state index is -0.540. The first-order valence-electron chi connectivity index (χ1n) is 9.04. The van der Waals surface area contributed by atoms with E-state index < -0.39 is 6.10 Å². The van der Waals surface area contributed by atoms with Crippen LogP contribution in [0.4, 0.5) is 0 Å². The molecular formula is C20H26O4. The van der Waals surface area contributed by atoms with Crippen LogP contribution in [0.15, 0.2) is 34.7 Å². The molecule has 3 aliphatic rings. The van der Waals surface area contributed by atoms with E-state index in [1.807, 2.05) is 18.4 Å². The molecule has 2 heterocycles. The number of aliphatic hydroxyl groups is 1. The van der Waals surface area contributed by atoms with E-state index in [9.17, 15) is 9.90 Å². The van der Waals surface area contributed by atoms with Crippen molar-refractivity contribution in [1.82, 2.24) is 0 Å². The van der Waals surface area contributed by atoms with E-state index in [1.54, 1.807) is 6.26 Å². The van der Waals surface area contributed by atoms with Crippen LogP contribution < -0.4 is 0 Å². The van der Waals surface area contributed by atoms with Gasteiger partial charge in [0.1, 0.15) is 6.61 Å². The highest BCUT2D eigenvalue weighted by molar-refractivity contribution is 5.77. The van der Waals surface area contributed by atoms with E-state index >= 15 is 0 Å². The third kappa shape index (κ3) is 2.19. The summed E-state index contributed by atoms with van der Waals surface area (Å²) in [5.41, 5.74) is 2.26. The molecule has 0 aromatic carbocycles. The Morgan fingerprint density at radius 3 is 3.00 bits per heavy atom. The maximum Gasteiger partial charge on any atom is 0.310 e. The van der Waals surface area contributed by atoms with Crippen molar-refractivity contribution in [1.29, 1.82) is 0 Å². The van der Waals surface area contributed by atoms with Gasteiger partial charge in [-0.15, -0.1) is 0 Å². The number of esters is 1. The molecule has 4 heteroatoms. The summed E-state index contributed by atoms with van der Waals surface area (Å²) in [7, 11) is 0. The van der Waals surface area contributed by atoms with Crippen molar-refractivity contribution in [3.05, 3.63) is 35.8 Å². The number of aryl methyl sites for hydroxylation is 1. The number of carbonyl (C=O) groups excluding carboxylic acids is 1. The Kier molecular flexibility index (Phi) is 3.64. The molecule has 1 spiro atoms. The van der Waals surface area contributed by atoms with Crippen molar-refractivity contribution in [2.75, 3.05) is 6.61 Å². The Balaban J connectivity index is 1.71. The SMILES string of the molecule is C[C@@H]1CC[C@]23COC(=O)[C@H]2C[C@@H](O)C=C3[C@@]1(C)CCc1ccoc1. The number of hydrogen-bond acceptors (Lipinski definition) is 4.